The molecule has 3 rings (SSSR count). The standard InChI is InChI=1S/C21H29N5S/c1-4-15-7-6-8-18-16(13-26-20(15)18)9-11-23-21(22-3)24-12-10-19-25-14-17(5-2)27-19/h6-8,13-14,26H,4-5,9-12H2,1-3H3,(H2,22,23,24). The van der Waals surface area contributed by atoms with Gasteiger partial charge in [0.15, 0.2) is 5.96 Å². The summed E-state index contributed by atoms with van der Waals surface area (Å²) in [6.45, 7) is 6.04. The van der Waals surface area contributed by atoms with Gasteiger partial charge < -0.3 is 15.6 Å². The first kappa shape index (κ1) is 19.4. The zero-order valence-corrected chi connectivity index (χ0v) is 17.2. The van der Waals surface area contributed by atoms with E-state index in [1.807, 2.05) is 13.2 Å². The summed E-state index contributed by atoms with van der Waals surface area (Å²) in [6, 6.07) is 6.54. The van der Waals surface area contributed by atoms with E-state index in [0.29, 0.717) is 0 Å². The molecule has 2 heterocycles. The van der Waals surface area contributed by atoms with Gasteiger partial charge in [0.05, 0.1) is 5.01 Å². The van der Waals surface area contributed by atoms with Gasteiger partial charge in [-0.25, -0.2) is 4.98 Å². The van der Waals surface area contributed by atoms with E-state index in [0.717, 1.165) is 44.7 Å². The maximum Gasteiger partial charge on any atom is 0.191 e. The lowest BCUT2D eigenvalue weighted by atomic mass is 10.1. The number of para-hydroxylation sites is 1. The molecule has 0 radical (unpaired) electrons. The molecule has 0 saturated heterocycles. The second kappa shape index (κ2) is 9.55. The molecule has 0 aliphatic carbocycles. The van der Waals surface area contributed by atoms with Gasteiger partial charge in [0.1, 0.15) is 0 Å². The number of H-pyrrole nitrogens is 1. The summed E-state index contributed by atoms with van der Waals surface area (Å²) in [4.78, 5) is 13.6. The summed E-state index contributed by atoms with van der Waals surface area (Å²) < 4.78 is 0. The highest BCUT2D eigenvalue weighted by Gasteiger charge is 2.07. The molecule has 0 amide bonds. The Kier molecular flexibility index (Phi) is 6.87. The van der Waals surface area contributed by atoms with Gasteiger partial charge in [-0.1, -0.05) is 32.0 Å². The molecule has 0 unspecified atom stereocenters. The lowest BCUT2D eigenvalue weighted by molar-refractivity contribution is 0.783. The number of guanidine groups is 1. The smallest absolute Gasteiger partial charge is 0.191 e. The van der Waals surface area contributed by atoms with E-state index in [1.54, 1.807) is 11.3 Å². The van der Waals surface area contributed by atoms with Crippen LogP contribution in [0, 0.1) is 0 Å². The van der Waals surface area contributed by atoms with E-state index < -0.39 is 0 Å². The molecule has 0 atom stereocenters. The highest BCUT2D eigenvalue weighted by molar-refractivity contribution is 7.11. The minimum atomic E-state index is 0.837. The predicted molar refractivity (Wildman–Crippen MR) is 116 cm³/mol. The number of hydrogen-bond donors (Lipinski definition) is 3. The van der Waals surface area contributed by atoms with Gasteiger partial charge in [0.25, 0.3) is 0 Å². The third-order valence-electron chi connectivity index (χ3n) is 4.76. The van der Waals surface area contributed by atoms with Crippen LogP contribution in [0.2, 0.25) is 0 Å². The van der Waals surface area contributed by atoms with E-state index in [-0.39, 0.29) is 0 Å². The Morgan fingerprint density at radius 2 is 1.93 bits per heavy atom. The molecule has 0 aliphatic heterocycles. The van der Waals surface area contributed by atoms with Crippen molar-refractivity contribution in [3.8, 4) is 0 Å². The first-order chi connectivity index (χ1) is 13.2. The van der Waals surface area contributed by atoms with Crippen LogP contribution >= 0.6 is 11.3 Å². The van der Waals surface area contributed by atoms with Gasteiger partial charge >= 0.3 is 0 Å². The number of thiazole rings is 1. The number of aromatic nitrogens is 2. The van der Waals surface area contributed by atoms with Crippen LogP contribution in [0.25, 0.3) is 10.9 Å². The highest BCUT2D eigenvalue weighted by atomic mass is 32.1. The molecule has 0 aliphatic rings. The molecular formula is C21H29N5S. The van der Waals surface area contributed by atoms with Gasteiger partial charge in [0, 0.05) is 54.7 Å². The quantitative estimate of drug-likeness (QED) is 0.410. The van der Waals surface area contributed by atoms with Crippen LogP contribution in [-0.4, -0.2) is 36.1 Å². The Hall–Kier alpha value is -2.34. The van der Waals surface area contributed by atoms with E-state index in [2.05, 4.69) is 63.8 Å². The van der Waals surface area contributed by atoms with Crippen LogP contribution in [0.5, 0.6) is 0 Å². The highest BCUT2D eigenvalue weighted by Crippen LogP contribution is 2.22. The van der Waals surface area contributed by atoms with Crippen LogP contribution in [-0.2, 0) is 25.7 Å². The van der Waals surface area contributed by atoms with Gasteiger partial charge in [-0.15, -0.1) is 11.3 Å². The molecule has 3 aromatic rings. The minimum Gasteiger partial charge on any atom is -0.361 e. The molecule has 144 valence electrons. The number of rotatable bonds is 8. The Balaban J connectivity index is 1.47. The molecular weight excluding hydrogens is 354 g/mol. The number of hydrogen-bond acceptors (Lipinski definition) is 3. The number of benzene rings is 1. The Bertz CT molecular complexity index is 893. The molecule has 0 spiro atoms. The SMILES string of the molecule is CCc1cnc(CCNC(=NC)NCCc2c[nH]c3c(CC)cccc23)s1. The monoisotopic (exact) mass is 383 g/mol. The maximum atomic E-state index is 4.46. The van der Waals surface area contributed by atoms with Gasteiger partial charge in [0.2, 0.25) is 0 Å². The third-order valence-corrected chi connectivity index (χ3v) is 5.96. The second-order valence-electron chi connectivity index (χ2n) is 6.51. The Morgan fingerprint density at radius 3 is 2.63 bits per heavy atom. The average molecular weight is 384 g/mol. The summed E-state index contributed by atoms with van der Waals surface area (Å²) >= 11 is 1.80. The first-order valence-corrected chi connectivity index (χ1v) is 10.5. The van der Waals surface area contributed by atoms with Crippen LogP contribution in [0.4, 0.5) is 0 Å². The number of nitrogens with zero attached hydrogens (tertiary/aromatic N) is 2. The number of fused-ring (bicyclic) bond motifs is 1. The summed E-state index contributed by atoms with van der Waals surface area (Å²) in [7, 11) is 1.81. The Labute approximate surface area is 165 Å². The number of aliphatic imine (C=N–C) groups is 1. The van der Waals surface area contributed by atoms with Gasteiger partial charge in [-0.3, -0.25) is 4.99 Å². The summed E-state index contributed by atoms with van der Waals surface area (Å²) in [5, 5.41) is 9.30. The van der Waals surface area contributed by atoms with Crippen molar-refractivity contribution in [1.29, 1.82) is 0 Å². The van der Waals surface area contributed by atoms with Crippen LogP contribution < -0.4 is 10.6 Å². The molecule has 1 aromatic carbocycles. The fourth-order valence-corrected chi connectivity index (χ4v) is 4.09. The minimum absolute atomic E-state index is 0.837. The topological polar surface area (TPSA) is 65.1 Å². The van der Waals surface area contributed by atoms with Crippen molar-refractivity contribution in [2.75, 3.05) is 20.1 Å². The number of aromatic amines is 1. The van der Waals surface area contributed by atoms with Crippen molar-refractivity contribution in [3.05, 3.63) is 51.6 Å². The van der Waals surface area contributed by atoms with E-state index in [1.165, 1.54) is 31.9 Å². The zero-order valence-electron chi connectivity index (χ0n) is 16.4. The van der Waals surface area contributed by atoms with E-state index in [9.17, 15) is 0 Å². The predicted octanol–water partition coefficient (Wildman–Crippen LogP) is 3.70. The molecule has 3 N–H and O–H groups in total. The van der Waals surface area contributed by atoms with Crippen molar-refractivity contribution in [3.63, 3.8) is 0 Å². The number of nitrogens with one attached hydrogen (secondary N) is 3. The fraction of sp³-hybridized carbons (Fsp3) is 0.429. The first-order valence-electron chi connectivity index (χ1n) is 9.71. The van der Waals surface area contributed by atoms with E-state index >= 15 is 0 Å². The van der Waals surface area contributed by atoms with Crippen LogP contribution in [0.3, 0.4) is 0 Å². The average Bonchev–Trinajstić information content (AvgIpc) is 3.33. The molecule has 27 heavy (non-hydrogen) atoms. The molecule has 0 fully saturated rings. The van der Waals surface area contributed by atoms with Crippen LogP contribution in [0.1, 0.15) is 34.9 Å². The molecule has 5 nitrogen and oxygen atoms in total. The third kappa shape index (κ3) is 4.89. The van der Waals surface area contributed by atoms with Crippen molar-refractivity contribution in [2.45, 2.75) is 39.5 Å². The van der Waals surface area contributed by atoms with Crippen molar-refractivity contribution in [2.24, 2.45) is 4.99 Å². The molecule has 0 saturated carbocycles. The largest absolute Gasteiger partial charge is 0.361 e. The summed E-state index contributed by atoms with van der Waals surface area (Å²) in [5.74, 6) is 0.844. The maximum absolute atomic E-state index is 4.46. The molecule has 2 aromatic heterocycles. The lowest BCUT2D eigenvalue weighted by Gasteiger charge is -2.11. The normalized spacial score (nSPS) is 11.9. The molecule has 0 bridgehead atoms. The second-order valence-corrected chi connectivity index (χ2v) is 7.71. The summed E-state index contributed by atoms with van der Waals surface area (Å²) in [5.41, 5.74) is 3.99. The van der Waals surface area contributed by atoms with Gasteiger partial charge in [-0.2, -0.15) is 0 Å². The lowest BCUT2D eigenvalue weighted by Crippen LogP contribution is -2.39. The molecule has 6 heteroatoms. The Morgan fingerprint density at radius 1 is 1.11 bits per heavy atom. The van der Waals surface area contributed by atoms with Crippen molar-refractivity contribution < 1.29 is 0 Å². The van der Waals surface area contributed by atoms with Crippen molar-refractivity contribution >= 4 is 28.2 Å². The summed E-state index contributed by atoms with van der Waals surface area (Å²) in [6.07, 6.45) is 8.11. The van der Waals surface area contributed by atoms with E-state index in [4.69, 9.17) is 0 Å². The number of aryl methyl sites for hydroxylation is 2. The van der Waals surface area contributed by atoms with Crippen molar-refractivity contribution in [1.82, 2.24) is 20.6 Å². The zero-order chi connectivity index (χ0) is 19.1. The van der Waals surface area contributed by atoms with Gasteiger partial charge in [-0.05, 0) is 30.4 Å². The fourth-order valence-electron chi connectivity index (χ4n) is 3.23. The van der Waals surface area contributed by atoms with Crippen LogP contribution in [0.15, 0.2) is 35.6 Å².